The van der Waals surface area contributed by atoms with E-state index < -0.39 is 0 Å². The molecule has 1 rings (SSSR count). The van der Waals surface area contributed by atoms with E-state index in [1.807, 2.05) is 39.0 Å². The van der Waals surface area contributed by atoms with Crippen molar-refractivity contribution in [3.63, 3.8) is 0 Å². The van der Waals surface area contributed by atoms with Crippen LogP contribution < -0.4 is 5.73 Å². The molecule has 1 aromatic rings. The van der Waals surface area contributed by atoms with E-state index in [0.717, 1.165) is 5.69 Å². The average molecular weight is 211 g/mol. The number of nitrogens with zero attached hydrogens (tertiary/aromatic N) is 1. The van der Waals surface area contributed by atoms with E-state index in [1.54, 1.807) is 6.07 Å². The Kier molecular flexibility index (Phi) is 3.17. The highest BCUT2D eigenvalue weighted by atomic mass is 35.5. The summed E-state index contributed by atoms with van der Waals surface area (Å²) in [7, 11) is 0. The SMILES string of the molecule is CC(C)(C)C(N)=Nc1ccccc1Cl. The van der Waals surface area contributed by atoms with Gasteiger partial charge in [0.05, 0.1) is 10.7 Å². The number of benzene rings is 1. The summed E-state index contributed by atoms with van der Waals surface area (Å²) in [6.07, 6.45) is 0. The van der Waals surface area contributed by atoms with Gasteiger partial charge in [-0.25, -0.2) is 4.99 Å². The topological polar surface area (TPSA) is 38.4 Å². The van der Waals surface area contributed by atoms with Gasteiger partial charge in [-0.1, -0.05) is 44.5 Å². The van der Waals surface area contributed by atoms with Gasteiger partial charge >= 0.3 is 0 Å². The zero-order valence-electron chi connectivity index (χ0n) is 8.71. The maximum atomic E-state index is 5.96. The Hall–Kier alpha value is -1.02. The highest BCUT2D eigenvalue weighted by Crippen LogP contribution is 2.25. The summed E-state index contributed by atoms with van der Waals surface area (Å²) in [5.41, 5.74) is 6.44. The number of halogens is 1. The van der Waals surface area contributed by atoms with Gasteiger partial charge < -0.3 is 5.73 Å². The second kappa shape index (κ2) is 4.01. The van der Waals surface area contributed by atoms with E-state index in [2.05, 4.69) is 4.99 Å². The molecule has 0 saturated heterocycles. The summed E-state index contributed by atoms with van der Waals surface area (Å²) < 4.78 is 0. The number of amidine groups is 1. The summed E-state index contributed by atoms with van der Waals surface area (Å²) in [5.74, 6) is 0.589. The lowest BCUT2D eigenvalue weighted by Gasteiger charge is -2.17. The molecular formula is C11H15ClN2. The molecule has 0 unspecified atom stereocenters. The van der Waals surface area contributed by atoms with Crippen LogP contribution >= 0.6 is 11.6 Å². The smallest absolute Gasteiger partial charge is 0.105 e. The van der Waals surface area contributed by atoms with E-state index in [0.29, 0.717) is 10.9 Å². The molecule has 1 aromatic carbocycles. The molecule has 0 amide bonds. The largest absolute Gasteiger partial charge is 0.387 e. The minimum atomic E-state index is -0.126. The molecule has 0 fully saturated rings. The van der Waals surface area contributed by atoms with Gasteiger partial charge in [-0.3, -0.25) is 0 Å². The molecule has 14 heavy (non-hydrogen) atoms. The van der Waals surface area contributed by atoms with Gasteiger partial charge in [0.15, 0.2) is 0 Å². The molecule has 0 aromatic heterocycles. The highest BCUT2D eigenvalue weighted by molar-refractivity contribution is 6.33. The lowest BCUT2D eigenvalue weighted by molar-refractivity contribution is 0.585. The Labute approximate surface area is 89.8 Å². The molecule has 0 aliphatic heterocycles. The van der Waals surface area contributed by atoms with Crippen molar-refractivity contribution in [1.29, 1.82) is 0 Å². The Balaban J connectivity index is 3.04. The number of hydrogen-bond acceptors (Lipinski definition) is 1. The van der Waals surface area contributed by atoms with Crippen LogP contribution in [0.5, 0.6) is 0 Å². The second-order valence-electron chi connectivity index (χ2n) is 4.20. The summed E-state index contributed by atoms with van der Waals surface area (Å²) in [6, 6.07) is 7.41. The summed E-state index contributed by atoms with van der Waals surface area (Å²) in [5, 5.41) is 0.625. The Morgan fingerprint density at radius 3 is 2.36 bits per heavy atom. The molecule has 0 saturated carbocycles. The molecule has 0 heterocycles. The molecule has 2 nitrogen and oxygen atoms in total. The maximum Gasteiger partial charge on any atom is 0.105 e. The Morgan fingerprint density at radius 1 is 1.29 bits per heavy atom. The average Bonchev–Trinajstić information content (AvgIpc) is 2.07. The Bertz CT molecular complexity index is 351. The predicted molar refractivity (Wildman–Crippen MR) is 62.2 cm³/mol. The van der Waals surface area contributed by atoms with Crippen molar-refractivity contribution in [3.05, 3.63) is 29.3 Å². The lowest BCUT2D eigenvalue weighted by Crippen LogP contribution is -2.28. The number of para-hydroxylation sites is 1. The molecular weight excluding hydrogens is 196 g/mol. The number of hydrogen-bond donors (Lipinski definition) is 1. The molecule has 0 radical (unpaired) electrons. The number of rotatable bonds is 1. The van der Waals surface area contributed by atoms with Crippen molar-refractivity contribution < 1.29 is 0 Å². The fourth-order valence-corrected chi connectivity index (χ4v) is 1.02. The van der Waals surface area contributed by atoms with Crippen LogP contribution in [0.1, 0.15) is 20.8 Å². The maximum absolute atomic E-state index is 5.96. The van der Waals surface area contributed by atoms with E-state index >= 15 is 0 Å². The first-order chi connectivity index (χ1) is 6.41. The van der Waals surface area contributed by atoms with Crippen LogP contribution in [0, 0.1) is 5.41 Å². The fourth-order valence-electron chi connectivity index (χ4n) is 0.840. The first-order valence-electron chi connectivity index (χ1n) is 4.50. The van der Waals surface area contributed by atoms with Crippen LogP contribution in [0.4, 0.5) is 5.69 Å². The Morgan fingerprint density at radius 2 is 1.86 bits per heavy atom. The molecule has 0 spiro atoms. The van der Waals surface area contributed by atoms with Crippen molar-refractivity contribution in [2.75, 3.05) is 0 Å². The van der Waals surface area contributed by atoms with Crippen molar-refractivity contribution in [2.45, 2.75) is 20.8 Å². The van der Waals surface area contributed by atoms with Crippen molar-refractivity contribution in [3.8, 4) is 0 Å². The molecule has 0 atom stereocenters. The van der Waals surface area contributed by atoms with Gasteiger partial charge in [-0.2, -0.15) is 0 Å². The fraction of sp³-hybridized carbons (Fsp3) is 0.364. The molecule has 2 N–H and O–H groups in total. The second-order valence-corrected chi connectivity index (χ2v) is 4.61. The predicted octanol–water partition coefficient (Wildman–Crippen LogP) is 3.37. The van der Waals surface area contributed by atoms with Crippen LogP contribution in [0.2, 0.25) is 5.02 Å². The normalized spacial score (nSPS) is 13.0. The standard InChI is InChI=1S/C11H15ClN2/c1-11(2,3)10(13)14-9-7-5-4-6-8(9)12/h4-7H,1-3H3,(H2,13,14). The quantitative estimate of drug-likeness (QED) is 0.560. The van der Waals surface area contributed by atoms with Crippen LogP contribution in [0.3, 0.4) is 0 Å². The van der Waals surface area contributed by atoms with Crippen LogP contribution in [-0.4, -0.2) is 5.84 Å². The van der Waals surface area contributed by atoms with Crippen LogP contribution in [0.15, 0.2) is 29.3 Å². The van der Waals surface area contributed by atoms with E-state index in [-0.39, 0.29) is 5.41 Å². The van der Waals surface area contributed by atoms with E-state index in [1.165, 1.54) is 0 Å². The van der Waals surface area contributed by atoms with Gasteiger partial charge in [-0.05, 0) is 12.1 Å². The minimum absolute atomic E-state index is 0.126. The zero-order chi connectivity index (χ0) is 10.8. The molecule has 0 aliphatic rings. The summed E-state index contributed by atoms with van der Waals surface area (Å²) in [6.45, 7) is 6.05. The molecule has 0 bridgehead atoms. The molecule has 76 valence electrons. The lowest BCUT2D eigenvalue weighted by atomic mass is 9.95. The highest BCUT2D eigenvalue weighted by Gasteiger charge is 2.15. The zero-order valence-corrected chi connectivity index (χ0v) is 9.47. The van der Waals surface area contributed by atoms with Crippen molar-refractivity contribution in [2.24, 2.45) is 16.1 Å². The third-order valence-electron chi connectivity index (χ3n) is 1.86. The first kappa shape index (κ1) is 11.1. The molecule has 0 aliphatic carbocycles. The summed E-state index contributed by atoms with van der Waals surface area (Å²) in [4.78, 5) is 4.29. The number of nitrogens with two attached hydrogens (primary N) is 1. The van der Waals surface area contributed by atoms with Crippen LogP contribution in [0.25, 0.3) is 0 Å². The monoisotopic (exact) mass is 210 g/mol. The third kappa shape index (κ3) is 2.74. The van der Waals surface area contributed by atoms with Gasteiger partial charge in [0.2, 0.25) is 0 Å². The summed E-state index contributed by atoms with van der Waals surface area (Å²) >= 11 is 5.96. The molecule has 3 heteroatoms. The van der Waals surface area contributed by atoms with Gasteiger partial charge in [-0.15, -0.1) is 0 Å². The number of aliphatic imine (C=N–C) groups is 1. The van der Waals surface area contributed by atoms with E-state index in [4.69, 9.17) is 17.3 Å². The first-order valence-corrected chi connectivity index (χ1v) is 4.88. The van der Waals surface area contributed by atoms with Gasteiger partial charge in [0, 0.05) is 5.41 Å². The minimum Gasteiger partial charge on any atom is -0.387 e. The van der Waals surface area contributed by atoms with Gasteiger partial charge in [0.25, 0.3) is 0 Å². The van der Waals surface area contributed by atoms with E-state index in [9.17, 15) is 0 Å². The van der Waals surface area contributed by atoms with Crippen molar-refractivity contribution in [1.82, 2.24) is 0 Å². The van der Waals surface area contributed by atoms with Crippen molar-refractivity contribution >= 4 is 23.1 Å². The third-order valence-corrected chi connectivity index (χ3v) is 2.18. The van der Waals surface area contributed by atoms with Gasteiger partial charge in [0.1, 0.15) is 5.84 Å². The van der Waals surface area contributed by atoms with Crippen LogP contribution in [-0.2, 0) is 0 Å².